The van der Waals surface area contributed by atoms with E-state index < -0.39 is 5.97 Å². The number of hydrogen-bond donors (Lipinski definition) is 1. The van der Waals surface area contributed by atoms with Crippen molar-refractivity contribution >= 4 is 23.5 Å². The first kappa shape index (κ1) is 17.9. The Morgan fingerprint density at radius 1 is 1.21 bits per heavy atom. The Bertz CT molecular complexity index is 674. The van der Waals surface area contributed by atoms with Crippen molar-refractivity contribution in [1.29, 1.82) is 0 Å². The summed E-state index contributed by atoms with van der Waals surface area (Å²) in [7, 11) is 0. The van der Waals surface area contributed by atoms with Crippen LogP contribution in [0.15, 0.2) is 48.7 Å². The van der Waals surface area contributed by atoms with E-state index in [1.807, 2.05) is 25.1 Å². The first-order valence-electron chi connectivity index (χ1n) is 7.66. The molecule has 0 aliphatic heterocycles. The van der Waals surface area contributed by atoms with Crippen LogP contribution in [-0.2, 0) is 16.0 Å². The Morgan fingerprint density at radius 3 is 2.62 bits per heavy atom. The van der Waals surface area contributed by atoms with Gasteiger partial charge in [0.05, 0.1) is 5.56 Å². The van der Waals surface area contributed by atoms with Crippen molar-refractivity contribution in [2.75, 3.05) is 6.61 Å². The number of nitrogens with zero attached hydrogens (tertiary/aromatic N) is 1. The third kappa shape index (κ3) is 6.01. The van der Waals surface area contributed by atoms with Gasteiger partial charge in [-0.05, 0) is 37.5 Å². The molecule has 1 atom stereocenters. The maximum absolute atomic E-state index is 11.8. The van der Waals surface area contributed by atoms with Crippen molar-refractivity contribution in [3.05, 3.63) is 64.9 Å². The van der Waals surface area contributed by atoms with E-state index in [1.54, 1.807) is 0 Å². The molecule has 0 radical (unpaired) electrons. The summed E-state index contributed by atoms with van der Waals surface area (Å²) in [5.41, 5.74) is 1.48. The van der Waals surface area contributed by atoms with Gasteiger partial charge in [0, 0.05) is 12.2 Å². The molecular formula is C18H19ClN2O3. The number of hydrogen-bond acceptors (Lipinski definition) is 4. The third-order valence-corrected chi connectivity index (χ3v) is 3.64. The fourth-order valence-corrected chi connectivity index (χ4v) is 2.24. The summed E-state index contributed by atoms with van der Waals surface area (Å²) in [6.07, 6.45) is 2.99. The van der Waals surface area contributed by atoms with Crippen LogP contribution in [-0.4, -0.2) is 29.5 Å². The Labute approximate surface area is 146 Å². The van der Waals surface area contributed by atoms with Gasteiger partial charge in [0.25, 0.3) is 5.91 Å². The number of rotatable bonds is 7. The molecule has 1 aromatic carbocycles. The molecular weight excluding hydrogens is 328 g/mol. The van der Waals surface area contributed by atoms with Crippen molar-refractivity contribution in [2.45, 2.75) is 25.8 Å². The number of halogens is 1. The van der Waals surface area contributed by atoms with Crippen molar-refractivity contribution in [1.82, 2.24) is 10.3 Å². The Hall–Kier alpha value is -2.40. The predicted molar refractivity (Wildman–Crippen MR) is 91.9 cm³/mol. The maximum Gasteiger partial charge on any atom is 0.340 e. The molecule has 0 fully saturated rings. The number of aromatic nitrogens is 1. The van der Waals surface area contributed by atoms with Gasteiger partial charge in [0.15, 0.2) is 6.61 Å². The minimum atomic E-state index is -0.605. The number of nitrogens with one attached hydrogen (secondary N) is 1. The minimum Gasteiger partial charge on any atom is -0.452 e. The number of carbonyl (C=O) groups is 2. The van der Waals surface area contributed by atoms with Gasteiger partial charge in [0.2, 0.25) is 0 Å². The number of esters is 1. The highest BCUT2D eigenvalue weighted by molar-refractivity contribution is 6.29. The molecule has 1 amide bonds. The maximum atomic E-state index is 11.8. The number of amides is 1. The van der Waals surface area contributed by atoms with Crippen LogP contribution in [0.3, 0.4) is 0 Å². The van der Waals surface area contributed by atoms with Crippen LogP contribution < -0.4 is 5.32 Å². The monoisotopic (exact) mass is 346 g/mol. The highest BCUT2D eigenvalue weighted by atomic mass is 35.5. The van der Waals surface area contributed by atoms with Gasteiger partial charge in [0.1, 0.15) is 5.15 Å². The van der Waals surface area contributed by atoms with Gasteiger partial charge in [-0.3, -0.25) is 4.79 Å². The molecule has 1 aromatic heterocycles. The molecule has 24 heavy (non-hydrogen) atoms. The van der Waals surface area contributed by atoms with Crippen LogP contribution in [0.5, 0.6) is 0 Å². The van der Waals surface area contributed by atoms with Gasteiger partial charge in [-0.1, -0.05) is 41.9 Å². The average molecular weight is 347 g/mol. The average Bonchev–Trinajstić information content (AvgIpc) is 2.59. The summed E-state index contributed by atoms with van der Waals surface area (Å²) >= 11 is 5.65. The summed E-state index contributed by atoms with van der Waals surface area (Å²) in [6, 6.07) is 13.0. The van der Waals surface area contributed by atoms with Crippen LogP contribution in [0.2, 0.25) is 5.15 Å². The molecule has 0 spiro atoms. The zero-order valence-electron chi connectivity index (χ0n) is 13.4. The molecule has 1 heterocycles. The van der Waals surface area contributed by atoms with Gasteiger partial charge >= 0.3 is 5.97 Å². The molecule has 0 bridgehead atoms. The SMILES string of the molecule is C[C@@H](CCc1ccccc1)NC(=O)COC(=O)c1ccc(Cl)nc1. The van der Waals surface area contributed by atoms with E-state index >= 15 is 0 Å². The Kier molecular flexibility index (Phi) is 6.75. The molecule has 0 aliphatic rings. The molecule has 5 nitrogen and oxygen atoms in total. The second-order valence-corrected chi connectivity index (χ2v) is 5.83. The first-order valence-corrected chi connectivity index (χ1v) is 8.04. The van der Waals surface area contributed by atoms with E-state index in [0.717, 1.165) is 12.8 Å². The summed E-state index contributed by atoms with van der Waals surface area (Å²) in [5, 5.41) is 3.10. The zero-order chi connectivity index (χ0) is 17.4. The van der Waals surface area contributed by atoms with Crippen LogP contribution in [0.4, 0.5) is 0 Å². The largest absolute Gasteiger partial charge is 0.452 e. The molecule has 0 aliphatic carbocycles. The standard InChI is InChI=1S/C18H19ClN2O3/c1-13(7-8-14-5-3-2-4-6-14)21-17(22)12-24-18(23)15-9-10-16(19)20-11-15/h2-6,9-11,13H,7-8,12H2,1H3,(H,21,22)/t13-/m0/s1. The molecule has 2 aromatic rings. The molecule has 2 rings (SSSR count). The Morgan fingerprint density at radius 2 is 1.96 bits per heavy atom. The van der Waals surface area contributed by atoms with Crippen molar-refractivity contribution in [3.8, 4) is 0 Å². The predicted octanol–water partition coefficient (Wildman–Crippen LogP) is 3.03. The lowest BCUT2D eigenvalue weighted by Crippen LogP contribution is -2.36. The zero-order valence-corrected chi connectivity index (χ0v) is 14.1. The van der Waals surface area contributed by atoms with Crippen molar-refractivity contribution in [2.24, 2.45) is 0 Å². The van der Waals surface area contributed by atoms with Crippen molar-refractivity contribution < 1.29 is 14.3 Å². The van der Waals surface area contributed by atoms with Crippen molar-refractivity contribution in [3.63, 3.8) is 0 Å². The van der Waals surface area contributed by atoms with E-state index in [2.05, 4.69) is 22.4 Å². The highest BCUT2D eigenvalue weighted by Crippen LogP contribution is 2.07. The van der Waals surface area contributed by atoms with E-state index in [1.165, 1.54) is 23.9 Å². The lowest BCUT2D eigenvalue weighted by Gasteiger charge is -2.14. The van der Waals surface area contributed by atoms with Gasteiger partial charge < -0.3 is 10.1 Å². The third-order valence-electron chi connectivity index (χ3n) is 3.41. The first-order chi connectivity index (χ1) is 11.5. The topological polar surface area (TPSA) is 68.3 Å². The Balaban J connectivity index is 1.70. The fourth-order valence-electron chi connectivity index (χ4n) is 2.13. The summed E-state index contributed by atoms with van der Waals surface area (Å²) in [6.45, 7) is 1.60. The lowest BCUT2D eigenvalue weighted by atomic mass is 10.1. The van der Waals surface area contributed by atoms with Gasteiger partial charge in [-0.25, -0.2) is 9.78 Å². The van der Waals surface area contributed by atoms with Crippen LogP contribution >= 0.6 is 11.6 Å². The van der Waals surface area contributed by atoms with Gasteiger partial charge in [-0.2, -0.15) is 0 Å². The van der Waals surface area contributed by atoms with Gasteiger partial charge in [-0.15, -0.1) is 0 Å². The van der Waals surface area contributed by atoms with E-state index in [0.29, 0.717) is 0 Å². The van der Waals surface area contributed by atoms with E-state index in [4.69, 9.17) is 16.3 Å². The molecule has 0 unspecified atom stereocenters. The smallest absolute Gasteiger partial charge is 0.340 e. The summed E-state index contributed by atoms with van der Waals surface area (Å²) in [5.74, 6) is -0.933. The second-order valence-electron chi connectivity index (χ2n) is 5.44. The normalized spacial score (nSPS) is 11.6. The summed E-state index contributed by atoms with van der Waals surface area (Å²) in [4.78, 5) is 27.4. The van der Waals surface area contributed by atoms with Crippen LogP contribution in [0, 0.1) is 0 Å². The number of benzene rings is 1. The summed E-state index contributed by atoms with van der Waals surface area (Å²) < 4.78 is 4.96. The highest BCUT2D eigenvalue weighted by Gasteiger charge is 2.12. The number of aryl methyl sites for hydroxylation is 1. The molecule has 0 saturated heterocycles. The molecule has 0 saturated carbocycles. The molecule has 126 valence electrons. The van der Waals surface area contributed by atoms with Crippen LogP contribution in [0.1, 0.15) is 29.3 Å². The molecule has 6 heteroatoms. The number of carbonyl (C=O) groups excluding carboxylic acids is 2. The lowest BCUT2D eigenvalue weighted by molar-refractivity contribution is -0.124. The quantitative estimate of drug-likeness (QED) is 0.618. The number of ether oxygens (including phenoxy) is 1. The van der Waals surface area contributed by atoms with E-state index in [9.17, 15) is 9.59 Å². The fraction of sp³-hybridized carbons (Fsp3) is 0.278. The van der Waals surface area contributed by atoms with Crippen LogP contribution in [0.25, 0.3) is 0 Å². The number of pyridine rings is 1. The van der Waals surface area contributed by atoms with E-state index in [-0.39, 0.29) is 29.3 Å². The second kappa shape index (κ2) is 9.03. The minimum absolute atomic E-state index is 0.00592. The molecule has 1 N–H and O–H groups in total.